The molecule has 3 heteroatoms. The van der Waals surface area contributed by atoms with Crippen LogP contribution in [-0.2, 0) is 11.2 Å². The first-order valence-corrected chi connectivity index (χ1v) is 8.04. The summed E-state index contributed by atoms with van der Waals surface area (Å²) in [6.07, 6.45) is 3.22. The van der Waals surface area contributed by atoms with E-state index in [9.17, 15) is 9.18 Å². The van der Waals surface area contributed by atoms with E-state index in [1.807, 2.05) is 6.07 Å². The molecule has 1 aliphatic carbocycles. The van der Waals surface area contributed by atoms with E-state index in [1.165, 1.54) is 6.07 Å². The number of Topliss-reactive ketones (excluding diaryl/α,β-unsaturated/α-hetero) is 1. The molecule has 1 aliphatic rings. The Morgan fingerprint density at radius 3 is 2.70 bits per heavy atom. The Bertz CT molecular complexity index is 504. The highest BCUT2D eigenvalue weighted by Gasteiger charge is 2.35. The molecule has 1 saturated carbocycles. The van der Waals surface area contributed by atoms with Crippen molar-refractivity contribution < 1.29 is 9.18 Å². The van der Waals surface area contributed by atoms with E-state index in [1.54, 1.807) is 6.07 Å². The van der Waals surface area contributed by atoms with Crippen molar-refractivity contribution in [1.82, 2.24) is 0 Å². The zero-order valence-corrected chi connectivity index (χ0v) is 14.0. The average Bonchev–Trinajstić information content (AvgIpc) is 2.36. The molecule has 2 unspecified atom stereocenters. The van der Waals surface area contributed by atoms with Gasteiger partial charge >= 0.3 is 0 Å². The van der Waals surface area contributed by atoms with Crippen LogP contribution in [0.15, 0.2) is 22.7 Å². The van der Waals surface area contributed by atoms with Crippen molar-refractivity contribution in [1.29, 1.82) is 0 Å². The highest BCUT2D eigenvalue weighted by atomic mass is 79.9. The molecule has 0 saturated heterocycles. The maximum Gasteiger partial charge on any atom is 0.137 e. The molecule has 0 heterocycles. The fourth-order valence-corrected chi connectivity index (χ4v) is 3.49. The number of carbonyl (C=O) groups is 1. The molecule has 0 N–H and O–H groups in total. The van der Waals surface area contributed by atoms with Gasteiger partial charge in [0.2, 0.25) is 0 Å². The highest BCUT2D eigenvalue weighted by molar-refractivity contribution is 9.10. The third-order valence-electron chi connectivity index (χ3n) is 4.49. The lowest BCUT2D eigenvalue weighted by Gasteiger charge is -2.37. The maximum absolute atomic E-state index is 13.6. The summed E-state index contributed by atoms with van der Waals surface area (Å²) < 4.78 is 14.1. The lowest BCUT2D eigenvalue weighted by atomic mass is 9.67. The van der Waals surface area contributed by atoms with Crippen LogP contribution in [0.4, 0.5) is 4.39 Å². The van der Waals surface area contributed by atoms with Crippen molar-refractivity contribution in [3.63, 3.8) is 0 Å². The summed E-state index contributed by atoms with van der Waals surface area (Å²) in [5.41, 5.74) is 1.14. The van der Waals surface area contributed by atoms with Crippen molar-refractivity contribution in [2.45, 2.75) is 46.5 Å². The van der Waals surface area contributed by atoms with Crippen molar-refractivity contribution in [2.75, 3.05) is 0 Å². The number of halogens is 2. The molecule has 0 bridgehead atoms. The maximum atomic E-state index is 13.6. The van der Waals surface area contributed by atoms with Gasteiger partial charge in [-0.25, -0.2) is 4.39 Å². The van der Waals surface area contributed by atoms with Gasteiger partial charge in [-0.2, -0.15) is 0 Å². The summed E-state index contributed by atoms with van der Waals surface area (Å²) in [5, 5.41) is 0. The van der Waals surface area contributed by atoms with Gasteiger partial charge in [0.05, 0.1) is 4.47 Å². The molecular formula is C17H22BrFO. The first-order valence-electron chi connectivity index (χ1n) is 7.24. The number of hydrogen-bond acceptors (Lipinski definition) is 1. The monoisotopic (exact) mass is 340 g/mol. The van der Waals surface area contributed by atoms with E-state index in [0.29, 0.717) is 29.0 Å². The Labute approximate surface area is 129 Å². The Morgan fingerprint density at radius 1 is 1.35 bits per heavy atom. The second kappa shape index (κ2) is 5.97. The standard InChI is InChI=1S/C17H22BrFO/c1-17(2,3)13-7-8-15(20)12(10-13)9-11-5-4-6-14(19)16(11)18/h4-6,12-13H,7-10H2,1-3H3. The lowest BCUT2D eigenvalue weighted by molar-refractivity contribution is -0.126. The molecule has 110 valence electrons. The highest BCUT2D eigenvalue weighted by Crippen LogP contribution is 2.40. The third-order valence-corrected chi connectivity index (χ3v) is 5.37. The topological polar surface area (TPSA) is 17.1 Å². The first kappa shape index (κ1) is 15.7. The Hall–Kier alpha value is -0.700. The van der Waals surface area contributed by atoms with Crippen LogP contribution in [0.2, 0.25) is 0 Å². The fourth-order valence-electron chi connectivity index (χ4n) is 3.07. The smallest absolute Gasteiger partial charge is 0.137 e. The largest absolute Gasteiger partial charge is 0.299 e. The third kappa shape index (κ3) is 3.49. The lowest BCUT2D eigenvalue weighted by Crippen LogP contribution is -2.33. The molecule has 2 rings (SSSR count). The van der Waals surface area contributed by atoms with Gasteiger partial charge in [-0.1, -0.05) is 32.9 Å². The van der Waals surface area contributed by atoms with Crippen LogP contribution < -0.4 is 0 Å². The van der Waals surface area contributed by atoms with Gasteiger partial charge in [0, 0.05) is 12.3 Å². The molecule has 20 heavy (non-hydrogen) atoms. The minimum atomic E-state index is -0.252. The normalized spacial score (nSPS) is 23.9. The summed E-state index contributed by atoms with van der Waals surface area (Å²) in [5.74, 6) is 0.684. The van der Waals surface area contributed by atoms with Crippen LogP contribution in [0.5, 0.6) is 0 Å². The predicted octanol–water partition coefficient (Wildman–Crippen LogP) is 5.16. The molecule has 1 aromatic rings. The van der Waals surface area contributed by atoms with E-state index < -0.39 is 0 Å². The first-order chi connectivity index (χ1) is 9.29. The van der Waals surface area contributed by atoms with Gasteiger partial charge < -0.3 is 0 Å². The summed E-state index contributed by atoms with van der Waals surface area (Å²) in [4.78, 5) is 12.2. The van der Waals surface area contributed by atoms with Crippen LogP contribution in [-0.4, -0.2) is 5.78 Å². The zero-order chi connectivity index (χ0) is 14.9. The zero-order valence-electron chi connectivity index (χ0n) is 12.4. The molecule has 1 aromatic carbocycles. The summed E-state index contributed by atoms with van der Waals surface area (Å²) in [6, 6.07) is 5.05. The number of hydrogen-bond donors (Lipinski definition) is 0. The van der Waals surface area contributed by atoms with Crippen LogP contribution in [0, 0.1) is 23.1 Å². The summed E-state index contributed by atoms with van der Waals surface area (Å²) in [7, 11) is 0. The van der Waals surface area contributed by atoms with Gasteiger partial charge in [-0.15, -0.1) is 0 Å². The Balaban J connectivity index is 2.15. The van der Waals surface area contributed by atoms with Crippen molar-refractivity contribution >= 4 is 21.7 Å². The van der Waals surface area contributed by atoms with E-state index in [4.69, 9.17) is 0 Å². The second-order valence-electron chi connectivity index (χ2n) is 6.92. The van der Waals surface area contributed by atoms with Crippen LogP contribution in [0.3, 0.4) is 0 Å². The van der Waals surface area contributed by atoms with E-state index in [2.05, 4.69) is 36.7 Å². The molecule has 0 aromatic heterocycles. The van der Waals surface area contributed by atoms with Gasteiger partial charge in [-0.3, -0.25) is 4.79 Å². The summed E-state index contributed by atoms with van der Waals surface area (Å²) in [6.45, 7) is 6.72. The van der Waals surface area contributed by atoms with E-state index in [0.717, 1.165) is 18.4 Å². The molecule has 1 nitrogen and oxygen atoms in total. The van der Waals surface area contributed by atoms with Gasteiger partial charge in [-0.05, 0) is 58.2 Å². The molecule has 1 fully saturated rings. The molecule has 0 spiro atoms. The second-order valence-corrected chi connectivity index (χ2v) is 7.71. The summed E-state index contributed by atoms with van der Waals surface area (Å²) >= 11 is 3.30. The molecule has 0 radical (unpaired) electrons. The van der Waals surface area contributed by atoms with Crippen LogP contribution in [0.1, 0.15) is 45.6 Å². The van der Waals surface area contributed by atoms with Crippen molar-refractivity contribution in [2.24, 2.45) is 17.3 Å². The predicted molar refractivity (Wildman–Crippen MR) is 83.1 cm³/mol. The number of carbonyl (C=O) groups excluding carboxylic acids is 1. The average molecular weight is 341 g/mol. The van der Waals surface area contributed by atoms with Crippen molar-refractivity contribution in [3.05, 3.63) is 34.1 Å². The number of ketones is 1. The molecule has 0 amide bonds. The van der Waals surface area contributed by atoms with E-state index in [-0.39, 0.29) is 17.2 Å². The quantitative estimate of drug-likeness (QED) is 0.726. The Kier molecular flexibility index (Phi) is 4.68. The van der Waals surface area contributed by atoms with Crippen LogP contribution >= 0.6 is 15.9 Å². The van der Waals surface area contributed by atoms with Gasteiger partial charge in [0.15, 0.2) is 0 Å². The fraction of sp³-hybridized carbons (Fsp3) is 0.588. The minimum Gasteiger partial charge on any atom is -0.299 e. The Morgan fingerprint density at radius 2 is 2.05 bits per heavy atom. The van der Waals surface area contributed by atoms with Crippen molar-refractivity contribution in [3.8, 4) is 0 Å². The van der Waals surface area contributed by atoms with Crippen LogP contribution in [0.25, 0.3) is 0 Å². The number of rotatable bonds is 2. The van der Waals surface area contributed by atoms with Gasteiger partial charge in [0.25, 0.3) is 0 Å². The minimum absolute atomic E-state index is 0.0334. The van der Waals surface area contributed by atoms with E-state index >= 15 is 0 Å². The molecular weight excluding hydrogens is 319 g/mol. The molecule has 2 atom stereocenters. The SMILES string of the molecule is CC(C)(C)C1CCC(=O)C(Cc2cccc(F)c2Br)C1. The number of benzene rings is 1. The molecule has 0 aliphatic heterocycles. The van der Waals surface area contributed by atoms with Gasteiger partial charge in [0.1, 0.15) is 11.6 Å².